The predicted molar refractivity (Wildman–Crippen MR) is 127 cm³/mol. The molecule has 0 fully saturated rings. The molecule has 2 aromatic rings. The molecule has 0 aliphatic carbocycles. The van der Waals surface area contributed by atoms with Crippen molar-refractivity contribution in [3.05, 3.63) is 77.9 Å². The summed E-state index contributed by atoms with van der Waals surface area (Å²) in [4.78, 5) is 35.6. The van der Waals surface area contributed by atoms with Crippen molar-refractivity contribution in [3.8, 4) is 11.5 Å². The van der Waals surface area contributed by atoms with Gasteiger partial charge in [0.15, 0.2) is 5.78 Å². The highest BCUT2D eigenvalue weighted by Crippen LogP contribution is 2.16. The zero-order valence-corrected chi connectivity index (χ0v) is 19.2. The molecule has 0 saturated heterocycles. The molecule has 0 atom stereocenters. The molecule has 2 aromatic carbocycles. The van der Waals surface area contributed by atoms with Gasteiger partial charge in [0.1, 0.15) is 11.5 Å². The maximum atomic E-state index is 12.3. The number of methoxy groups -OCH3 is 1. The Hall–Kier alpha value is -3.67. The van der Waals surface area contributed by atoms with E-state index in [0.717, 1.165) is 37.0 Å². The number of unbranched alkanes of at least 4 members (excludes halogenated alkanes) is 3. The summed E-state index contributed by atoms with van der Waals surface area (Å²) in [5.74, 6) is 0.290. The van der Waals surface area contributed by atoms with Gasteiger partial charge in [-0.05, 0) is 67.8 Å². The van der Waals surface area contributed by atoms with E-state index in [1.54, 1.807) is 44.4 Å². The van der Waals surface area contributed by atoms with Crippen molar-refractivity contribution in [1.82, 2.24) is 0 Å². The topological polar surface area (TPSA) is 78.9 Å². The van der Waals surface area contributed by atoms with Gasteiger partial charge in [0.05, 0.1) is 13.7 Å². The summed E-state index contributed by atoms with van der Waals surface area (Å²) in [6.45, 7) is 5.52. The molecule has 33 heavy (non-hydrogen) atoms. The average Bonchev–Trinajstić information content (AvgIpc) is 2.82. The van der Waals surface area contributed by atoms with Crippen LogP contribution < -0.4 is 9.47 Å². The van der Waals surface area contributed by atoms with E-state index in [2.05, 4.69) is 6.58 Å². The number of hydrogen-bond donors (Lipinski definition) is 0. The van der Waals surface area contributed by atoms with E-state index >= 15 is 0 Å². The Bertz CT molecular complexity index is 971. The summed E-state index contributed by atoms with van der Waals surface area (Å²) in [6.07, 6.45) is 6.74. The molecule has 0 unspecified atom stereocenters. The quantitative estimate of drug-likeness (QED) is 0.131. The Morgan fingerprint density at radius 3 is 2.15 bits per heavy atom. The van der Waals surface area contributed by atoms with Gasteiger partial charge in [-0.25, -0.2) is 9.59 Å². The minimum absolute atomic E-state index is 0.0426. The largest absolute Gasteiger partial charge is 0.497 e. The van der Waals surface area contributed by atoms with Crippen molar-refractivity contribution in [3.63, 3.8) is 0 Å². The monoisotopic (exact) mass is 450 g/mol. The molecule has 6 nitrogen and oxygen atoms in total. The number of carbonyl (C=O) groups is 3. The smallest absolute Gasteiger partial charge is 0.336 e. The normalized spacial score (nSPS) is 10.6. The first-order valence-corrected chi connectivity index (χ1v) is 10.9. The van der Waals surface area contributed by atoms with Gasteiger partial charge in [-0.3, -0.25) is 4.79 Å². The first kappa shape index (κ1) is 25.6. The van der Waals surface area contributed by atoms with Gasteiger partial charge >= 0.3 is 11.9 Å². The molecule has 0 heterocycles. The molecule has 174 valence electrons. The molecular formula is C27H30O6. The molecular weight excluding hydrogens is 420 g/mol. The summed E-state index contributed by atoms with van der Waals surface area (Å²) >= 11 is 0. The third-order valence-corrected chi connectivity index (χ3v) is 4.80. The number of rotatable bonds is 13. The second-order valence-corrected chi connectivity index (χ2v) is 7.56. The van der Waals surface area contributed by atoms with Crippen molar-refractivity contribution in [1.29, 1.82) is 0 Å². The van der Waals surface area contributed by atoms with Crippen LogP contribution in [0.5, 0.6) is 11.5 Å². The Labute approximate surface area is 194 Å². The molecule has 0 bridgehead atoms. The summed E-state index contributed by atoms with van der Waals surface area (Å²) in [5.41, 5.74) is 1.83. The van der Waals surface area contributed by atoms with Crippen LogP contribution >= 0.6 is 0 Å². The van der Waals surface area contributed by atoms with Crippen LogP contribution in [0.3, 0.4) is 0 Å². The average molecular weight is 451 g/mol. The van der Waals surface area contributed by atoms with Gasteiger partial charge in [-0.1, -0.05) is 31.6 Å². The molecule has 0 saturated carbocycles. The van der Waals surface area contributed by atoms with Gasteiger partial charge in [-0.2, -0.15) is 0 Å². The van der Waals surface area contributed by atoms with Crippen LogP contribution in [-0.4, -0.2) is 31.4 Å². The van der Waals surface area contributed by atoms with Crippen LogP contribution in [0, 0.1) is 0 Å². The highest BCUT2D eigenvalue weighted by molar-refractivity contribution is 5.96. The van der Waals surface area contributed by atoms with Crippen molar-refractivity contribution < 1.29 is 28.6 Å². The highest BCUT2D eigenvalue weighted by Gasteiger charge is 2.08. The van der Waals surface area contributed by atoms with Crippen molar-refractivity contribution in [2.24, 2.45) is 0 Å². The van der Waals surface area contributed by atoms with Crippen molar-refractivity contribution in [2.75, 3.05) is 13.7 Å². The lowest BCUT2D eigenvalue weighted by molar-refractivity contribution is -0.139. The van der Waals surface area contributed by atoms with E-state index in [4.69, 9.17) is 14.2 Å². The zero-order valence-electron chi connectivity index (χ0n) is 19.2. The summed E-state index contributed by atoms with van der Waals surface area (Å²) in [6, 6.07) is 13.8. The molecule has 0 aliphatic rings. The Morgan fingerprint density at radius 1 is 0.879 bits per heavy atom. The molecule has 0 radical (unpaired) electrons. The molecule has 0 N–H and O–H groups in total. The summed E-state index contributed by atoms with van der Waals surface area (Å²) in [5, 5.41) is 0. The number of hydrogen-bond acceptors (Lipinski definition) is 6. The maximum absolute atomic E-state index is 12.3. The number of carbonyl (C=O) groups excluding carboxylic acids is 3. The van der Waals surface area contributed by atoms with Gasteiger partial charge < -0.3 is 14.2 Å². The highest BCUT2D eigenvalue weighted by atomic mass is 16.5. The minimum Gasteiger partial charge on any atom is -0.497 e. The third kappa shape index (κ3) is 9.56. The van der Waals surface area contributed by atoms with E-state index in [1.807, 2.05) is 24.3 Å². The Kier molecular flexibility index (Phi) is 10.6. The standard InChI is InChI=1S/C27H30O6/c1-20(2)27(30)32-19-7-5-4-6-8-25(28)22-12-16-24(17-13-22)33-26(29)18-11-21-9-14-23(31-3)15-10-21/h9-18H,1,4-8,19H2,2-3H3/b18-11+. The number of benzene rings is 2. The Balaban J connectivity index is 1.69. The number of ketones is 1. The molecule has 0 aliphatic heterocycles. The zero-order chi connectivity index (χ0) is 24.1. The molecule has 0 amide bonds. The first-order valence-electron chi connectivity index (χ1n) is 10.9. The summed E-state index contributed by atoms with van der Waals surface area (Å²) in [7, 11) is 1.59. The van der Waals surface area contributed by atoms with Gasteiger partial charge in [0.2, 0.25) is 0 Å². The fourth-order valence-corrected chi connectivity index (χ4v) is 2.91. The van der Waals surface area contributed by atoms with Crippen LogP contribution in [0.4, 0.5) is 0 Å². The van der Waals surface area contributed by atoms with Crippen LogP contribution in [0.15, 0.2) is 66.8 Å². The first-order chi connectivity index (χ1) is 15.9. The molecule has 0 spiro atoms. The predicted octanol–water partition coefficient (Wildman–Crippen LogP) is 5.57. The second kappa shape index (κ2) is 13.7. The Morgan fingerprint density at radius 2 is 1.52 bits per heavy atom. The lowest BCUT2D eigenvalue weighted by atomic mass is 10.0. The van der Waals surface area contributed by atoms with Gasteiger partial charge in [0, 0.05) is 23.6 Å². The van der Waals surface area contributed by atoms with Gasteiger partial charge in [0.25, 0.3) is 0 Å². The molecule has 2 rings (SSSR count). The SMILES string of the molecule is C=C(C)C(=O)OCCCCCCC(=O)c1ccc(OC(=O)/C=C/c2ccc(OC)cc2)cc1. The summed E-state index contributed by atoms with van der Waals surface area (Å²) < 4.78 is 15.4. The minimum atomic E-state index is -0.501. The van der Waals surface area contributed by atoms with E-state index in [-0.39, 0.29) is 11.8 Å². The lowest BCUT2D eigenvalue weighted by Crippen LogP contribution is -2.06. The van der Waals surface area contributed by atoms with Crippen LogP contribution in [0.25, 0.3) is 6.08 Å². The molecule has 0 aromatic heterocycles. The molecule has 6 heteroatoms. The van der Waals surface area contributed by atoms with Crippen LogP contribution in [0.1, 0.15) is 54.9 Å². The second-order valence-electron chi connectivity index (χ2n) is 7.56. The fraction of sp³-hybridized carbons (Fsp3) is 0.296. The number of esters is 2. The number of ether oxygens (including phenoxy) is 3. The van der Waals surface area contributed by atoms with Crippen molar-refractivity contribution in [2.45, 2.75) is 39.0 Å². The number of Topliss-reactive ketones (excluding diaryl/α,β-unsaturated/α-hetero) is 1. The fourth-order valence-electron chi connectivity index (χ4n) is 2.91. The van der Waals surface area contributed by atoms with E-state index in [1.165, 1.54) is 6.08 Å². The maximum Gasteiger partial charge on any atom is 0.336 e. The lowest BCUT2D eigenvalue weighted by Gasteiger charge is -2.05. The van der Waals surface area contributed by atoms with Crippen LogP contribution in [0.2, 0.25) is 0 Å². The van der Waals surface area contributed by atoms with E-state index in [0.29, 0.717) is 29.9 Å². The third-order valence-electron chi connectivity index (χ3n) is 4.80. The van der Waals surface area contributed by atoms with E-state index < -0.39 is 5.97 Å². The van der Waals surface area contributed by atoms with Gasteiger partial charge in [-0.15, -0.1) is 0 Å². The van der Waals surface area contributed by atoms with Crippen molar-refractivity contribution >= 4 is 23.8 Å². The van der Waals surface area contributed by atoms with Crippen LogP contribution in [-0.2, 0) is 14.3 Å². The van der Waals surface area contributed by atoms with E-state index in [9.17, 15) is 14.4 Å².